The maximum atomic E-state index is 13.5. The molecule has 2 aromatic heterocycles. The molecule has 0 radical (unpaired) electrons. The number of pyridine rings is 1. The Hall–Kier alpha value is -2.60. The molecule has 0 aliphatic heterocycles. The molecule has 2 heterocycles. The van der Waals surface area contributed by atoms with E-state index in [9.17, 15) is 9.18 Å². The van der Waals surface area contributed by atoms with Crippen molar-refractivity contribution in [1.82, 2.24) is 15.3 Å². The molecule has 0 atom stereocenters. The molecule has 0 unspecified atom stereocenters. The van der Waals surface area contributed by atoms with Gasteiger partial charge in [-0.1, -0.05) is 12.1 Å². The van der Waals surface area contributed by atoms with Crippen LogP contribution in [0.3, 0.4) is 0 Å². The summed E-state index contributed by atoms with van der Waals surface area (Å²) < 4.78 is 13.5. The molecule has 0 aliphatic carbocycles. The molecule has 1 amide bonds. The Kier molecular flexibility index (Phi) is 4.20. The van der Waals surface area contributed by atoms with Crippen LogP contribution in [0, 0.1) is 5.82 Å². The molecule has 0 fully saturated rings. The van der Waals surface area contributed by atoms with E-state index in [0.717, 1.165) is 16.3 Å². The number of nitrogens with zero attached hydrogens (tertiary/aromatic N) is 2. The van der Waals surface area contributed by atoms with Crippen molar-refractivity contribution in [3.8, 4) is 10.6 Å². The van der Waals surface area contributed by atoms with E-state index in [1.807, 2.05) is 17.5 Å². The lowest BCUT2D eigenvalue weighted by molar-refractivity contribution is 0.0946. The van der Waals surface area contributed by atoms with Crippen LogP contribution < -0.4 is 5.32 Å². The van der Waals surface area contributed by atoms with Gasteiger partial charge in [-0.3, -0.25) is 9.78 Å². The van der Waals surface area contributed by atoms with Gasteiger partial charge in [0, 0.05) is 23.3 Å². The Morgan fingerprint density at radius 1 is 1.23 bits per heavy atom. The fraction of sp³-hybridized carbons (Fsp3) is 0.0625. The van der Waals surface area contributed by atoms with Crippen LogP contribution in [-0.2, 0) is 6.54 Å². The van der Waals surface area contributed by atoms with E-state index in [0.29, 0.717) is 0 Å². The lowest BCUT2D eigenvalue weighted by Crippen LogP contribution is -2.23. The van der Waals surface area contributed by atoms with E-state index < -0.39 is 11.7 Å². The highest BCUT2D eigenvalue weighted by atomic mass is 32.1. The topological polar surface area (TPSA) is 54.9 Å². The third kappa shape index (κ3) is 3.17. The van der Waals surface area contributed by atoms with Gasteiger partial charge in [0.1, 0.15) is 10.8 Å². The summed E-state index contributed by atoms with van der Waals surface area (Å²) in [4.78, 5) is 20.4. The second kappa shape index (κ2) is 6.44. The van der Waals surface area contributed by atoms with Crippen molar-refractivity contribution in [3.05, 3.63) is 71.2 Å². The van der Waals surface area contributed by atoms with Crippen LogP contribution in [-0.4, -0.2) is 15.9 Å². The second-order valence-electron chi connectivity index (χ2n) is 4.55. The van der Waals surface area contributed by atoms with Gasteiger partial charge in [-0.25, -0.2) is 9.37 Å². The van der Waals surface area contributed by atoms with Crippen LogP contribution in [0.2, 0.25) is 0 Å². The molecule has 110 valence electrons. The van der Waals surface area contributed by atoms with Gasteiger partial charge in [-0.05, 0) is 24.3 Å². The molecule has 3 rings (SSSR count). The van der Waals surface area contributed by atoms with Crippen LogP contribution >= 0.6 is 11.3 Å². The molecular formula is C16H12FN3OS. The van der Waals surface area contributed by atoms with Crippen molar-refractivity contribution >= 4 is 17.2 Å². The average Bonchev–Trinajstić information content (AvgIpc) is 3.03. The first-order chi connectivity index (χ1) is 10.7. The Morgan fingerprint density at radius 2 is 2.09 bits per heavy atom. The van der Waals surface area contributed by atoms with Crippen molar-refractivity contribution in [2.45, 2.75) is 6.54 Å². The van der Waals surface area contributed by atoms with Gasteiger partial charge in [-0.15, -0.1) is 11.3 Å². The SMILES string of the molecule is O=C(NCc1csc(-c2cccnc2)n1)c1ccccc1F. The Balaban J connectivity index is 1.67. The van der Waals surface area contributed by atoms with Gasteiger partial charge in [0.25, 0.3) is 5.91 Å². The van der Waals surface area contributed by atoms with Crippen LogP contribution in [0.4, 0.5) is 4.39 Å². The molecular weight excluding hydrogens is 301 g/mol. The smallest absolute Gasteiger partial charge is 0.254 e. The monoisotopic (exact) mass is 313 g/mol. The van der Waals surface area contributed by atoms with Gasteiger partial charge in [-0.2, -0.15) is 0 Å². The highest BCUT2D eigenvalue weighted by Crippen LogP contribution is 2.22. The summed E-state index contributed by atoms with van der Waals surface area (Å²) in [6, 6.07) is 9.66. The molecule has 0 saturated heterocycles. The molecule has 0 bridgehead atoms. The normalized spacial score (nSPS) is 10.4. The molecule has 1 N–H and O–H groups in total. The van der Waals surface area contributed by atoms with E-state index in [1.165, 1.54) is 23.5 Å². The highest BCUT2D eigenvalue weighted by Gasteiger charge is 2.11. The maximum absolute atomic E-state index is 13.5. The van der Waals surface area contributed by atoms with Gasteiger partial charge in [0.2, 0.25) is 0 Å². The zero-order valence-electron chi connectivity index (χ0n) is 11.5. The predicted octanol–water partition coefficient (Wildman–Crippen LogP) is 3.27. The minimum Gasteiger partial charge on any atom is -0.346 e. The standard InChI is InChI=1S/C16H12FN3OS/c17-14-6-2-1-5-13(14)15(21)19-9-12-10-22-16(20-12)11-4-3-7-18-8-11/h1-8,10H,9H2,(H,19,21). The van der Waals surface area contributed by atoms with Crippen molar-refractivity contribution in [1.29, 1.82) is 0 Å². The number of rotatable bonds is 4. The van der Waals surface area contributed by atoms with Gasteiger partial charge >= 0.3 is 0 Å². The first-order valence-electron chi connectivity index (χ1n) is 6.61. The summed E-state index contributed by atoms with van der Waals surface area (Å²) in [5, 5.41) is 5.37. The summed E-state index contributed by atoms with van der Waals surface area (Å²) in [6.07, 6.45) is 3.44. The van der Waals surface area contributed by atoms with Crippen LogP contribution in [0.1, 0.15) is 16.1 Å². The highest BCUT2D eigenvalue weighted by molar-refractivity contribution is 7.13. The summed E-state index contributed by atoms with van der Waals surface area (Å²) in [5.74, 6) is -0.983. The fourth-order valence-electron chi connectivity index (χ4n) is 1.92. The Bertz CT molecular complexity index is 789. The van der Waals surface area contributed by atoms with Gasteiger partial charge in [0.05, 0.1) is 17.8 Å². The van der Waals surface area contributed by atoms with E-state index in [4.69, 9.17) is 0 Å². The minimum atomic E-state index is -0.533. The molecule has 0 saturated carbocycles. The van der Waals surface area contributed by atoms with Crippen molar-refractivity contribution in [3.63, 3.8) is 0 Å². The Labute approximate surface area is 130 Å². The Morgan fingerprint density at radius 3 is 2.86 bits per heavy atom. The van der Waals surface area contributed by atoms with E-state index >= 15 is 0 Å². The molecule has 22 heavy (non-hydrogen) atoms. The van der Waals surface area contributed by atoms with Crippen molar-refractivity contribution in [2.24, 2.45) is 0 Å². The van der Waals surface area contributed by atoms with Crippen molar-refractivity contribution < 1.29 is 9.18 Å². The lowest BCUT2D eigenvalue weighted by atomic mass is 10.2. The number of benzene rings is 1. The summed E-state index contributed by atoms with van der Waals surface area (Å²) in [7, 11) is 0. The first kappa shape index (κ1) is 14.3. The number of carbonyl (C=O) groups excluding carboxylic acids is 1. The number of amides is 1. The minimum absolute atomic E-state index is 0.0326. The third-order valence-electron chi connectivity index (χ3n) is 3.01. The number of aromatic nitrogens is 2. The number of halogens is 1. The van der Waals surface area contributed by atoms with E-state index in [-0.39, 0.29) is 12.1 Å². The number of hydrogen-bond donors (Lipinski definition) is 1. The van der Waals surface area contributed by atoms with E-state index in [1.54, 1.807) is 24.5 Å². The zero-order valence-corrected chi connectivity index (χ0v) is 12.3. The molecule has 3 aromatic rings. The van der Waals surface area contributed by atoms with Gasteiger partial charge < -0.3 is 5.32 Å². The largest absolute Gasteiger partial charge is 0.346 e. The summed E-state index contributed by atoms with van der Waals surface area (Å²) in [6.45, 7) is 0.254. The van der Waals surface area contributed by atoms with Crippen LogP contribution in [0.5, 0.6) is 0 Å². The number of thiazole rings is 1. The van der Waals surface area contributed by atoms with Crippen LogP contribution in [0.15, 0.2) is 54.2 Å². The van der Waals surface area contributed by atoms with Crippen LogP contribution in [0.25, 0.3) is 10.6 Å². The number of nitrogens with one attached hydrogen (secondary N) is 1. The molecule has 0 spiro atoms. The molecule has 4 nitrogen and oxygen atoms in total. The second-order valence-corrected chi connectivity index (χ2v) is 5.41. The number of carbonyl (C=O) groups is 1. The third-order valence-corrected chi connectivity index (χ3v) is 3.95. The summed E-state index contributed by atoms with van der Waals surface area (Å²) >= 11 is 1.48. The zero-order chi connectivity index (χ0) is 15.4. The van der Waals surface area contributed by atoms with Crippen molar-refractivity contribution in [2.75, 3.05) is 0 Å². The lowest BCUT2D eigenvalue weighted by Gasteiger charge is -2.04. The maximum Gasteiger partial charge on any atom is 0.254 e. The van der Waals surface area contributed by atoms with E-state index in [2.05, 4.69) is 15.3 Å². The predicted molar refractivity (Wildman–Crippen MR) is 82.9 cm³/mol. The first-order valence-corrected chi connectivity index (χ1v) is 7.49. The fourth-order valence-corrected chi connectivity index (χ4v) is 2.73. The molecule has 0 aliphatic rings. The number of hydrogen-bond acceptors (Lipinski definition) is 4. The van der Waals surface area contributed by atoms with Gasteiger partial charge in [0.15, 0.2) is 0 Å². The quantitative estimate of drug-likeness (QED) is 0.804. The summed E-state index contributed by atoms with van der Waals surface area (Å²) in [5.41, 5.74) is 1.69. The molecule has 1 aromatic carbocycles. The average molecular weight is 313 g/mol. The molecule has 6 heteroatoms.